The minimum absolute atomic E-state index is 0.122. The fraction of sp³-hybridized carbons (Fsp3) is 0.500. The highest BCUT2D eigenvalue weighted by Gasteiger charge is 2.41. The third kappa shape index (κ3) is 2.20. The van der Waals surface area contributed by atoms with E-state index in [0.29, 0.717) is 12.8 Å². The zero-order valence-corrected chi connectivity index (χ0v) is 10.2. The minimum Gasteiger partial charge on any atom is -0.469 e. The molecule has 0 saturated heterocycles. The van der Waals surface area contributed by atoms with Crippen molar-refractivity contribution in [2.75, 3.05) is 7.11 Å². The number of benzene rings is 1. The van der Waals surface area contributed by atoms with Gasteiger partial charge >= 0.3 is 5.97 Å². The molecule has 0 radical (unpaired) electrons. The van der Waals surface area contributed by atoms with Crippen LogP contribution in [0.1, 0.15) is 29.9 Å². The van der Waals surface area contributed by atoms with Crippen LogP contribution in [0.3, 0.4) is 0 Å². The summed E-state index contributed by atoms with van der Waals surface area (Å²) >= 11 is 0. The molecule has 0 aromatic heterocycles. The smallest absolute Gasteiger partial charge is 0.309 e. The topological polar surface area (TPSA) is 46.5 Å². The van der Waals surface area contributed by atoms with Crippen molar-refractivity contribution in [2.45, 2.75) is 31.8 Å². The first-order chi connectivity index (χ1) is 8.15. The summed E-state index contributed by atoms with van der Waals surface area (Å²) in [4.78, 5) is 11.7. The second-order valence-electron chi connectivity index (χ2n) is 4.66. The summed E-state index contributed by atoms with van der Waals surface area (Å²) in [6.07, 6.45) is 0.922. The lowest BCUT2D eigenvalue weighted by molar-refractivity contribution is -0.146. The number of aliphatic hydroxyl groups excluding tert-OH is 1. The first kappa shape index (κ1) is 12.1. The van der Waals surface area contributed by atoms with Gasteiger partial charge in [0.1, 0.15) is 0 Å². The summed E-state index contributed by atoms with van der Waals surface area (Å²) in [5.74, 6) is -0.547. The van der Waals surface area contributed by atoms with Crippen molar-refractivity contribution in [3.63, 3.8) is 0 Å². The number of carbonyl (C=O) groups is 1. The van der Waals surface area contributed by atoms with E-state index < -0.39 is 6.10 Å². The molecule has 1 N–H and O–H groups in total. The van der Waals surface area contributed by atoms with Crippen LogP contribution in [-0.2, 0) is 9.53 Å². The van der Waals surface area contributed by atoms with Gasteiger partial charge in [-0.15, -0.1) is 0 Å². The molecule has 3 atom stereocenters. The van der Waals surface area contributed by atoms with Gasteiger partial charge in [-0.05, 0) is 30.9 Å². The Kier molecular flexibility index (Phi) is 3.48. The van der Waals surface area contributed by atoms with Crippen LogP contribution in [0, 0.1) is 12.8 Å². The lowest BCUT2D eigenvalue weighted by atomic mass is 9.85. The average Bonchev–Trinajstić information content (AvgIpc) is 2.71. The van der Waals surface area contributed by atoms with E-state index in [-0.39, 0.29) is 17.8 Å². The van der Waals surface area contributed by atoms with Gasteiger partial charge in [0.05, 0.1) is 19.1 Å². The molecule has 0 amide bonds. The Labute approximate surface area is 101 Å². The van der Waals surface area contributed by atoms with E-state index in [1.807, 2.05) is 31.2 Å². The highest BCUT2D eigenvalue weighted by Crippen LogP contribution is 2.41. The molecule has 3 nitrogen and oxygen atoms in total. The third-order valence-corrected chi connectivity index (χ3v) is 3.67. The molecular weight excluding hydrogens is 216 g/mol. The second-order valence-corrected chi connectivity index (χ2v) is 4.66. The number of rotatable bonds is 2. The summed E-state index contributed by atoms with van der Waals surface area (Å²) in [5.41, 5.74) is 2.18. The van der Waals surface area contributed by atoms with E-state index in [2.05, 4.69) is 0 Å². The van der Waals surface area contributed by atoms with Gasteiger partial charge in [0.25, 0.3) is 0 Å². The maximum absolute atomic E-state index is 11.7. The van der Waals surface area contributed by atoms with Crippen LogP contribution in [0.15, 0.2) is 24.3 Å². The Morgan fingerprint density at radius 2 is 2.06 bits per heavy atom. The van der Waals surface area contributed by atoms with Crippen molar-refractivity contribution >= 4 is 5.97 Å². The van der Waals surface area contributed by atoms with E-state index >= 15 is 0 Å². The standard InChI is InChI=1S/C14H18O3/c1-9-5-3-4-6-10(9)13-11(14(16)17-2)7-8-12(13)15/h3-6,11-13,15H,7-8H2,1-2H3/t11-,12+,13+/m1/s1. The van der Waals surface area contributed by atoms with Crippen molar-refractivity contribution < 1.29 is 14.6 Å². The van der Waals surface area contributed by atoms with E-state index in [1.54, 1.807) is 0 Å². The number of hydrogen-bond donors (Lipinski definition) is 1. The molecule has 1 saturated carbocycles. The van der Waals surface area contributed by atoms with Crippen LogP contribution in [0.4, 0.5) is 0 Å². The molecule has 17 heavy (non-hydrogen) atoms. The van der Waals surface area contributed by atoms with Crippen LogP contribution < -0.4 is 0 Å². The van der Waals surface area contributed by atoms with E-state index in [4.69, 9.17) is 4.74 Å². The maximum atomic E-state index is 11.7. The predicted octanol–water partition coefficient (Wildman–Crippen LogP) is 2.02. The van der Waals surface area contributed by atoms with Crippen molar-refractivity contribution in [2.24, 2.45) is 5.92 Å². The summed E-state index contributed by atoms with van der Waals surface area (Å²) in [7, 11) is 1.40. The van der Waals surface area contributed by atoms with Crippen LogP contribution in [0.25, 0.3) is 0 Å². The third-order valence-electron chi connectivity index (χ3n) is 3.67. The molecule has 0 unspecified atom stereocenters. The Hall–Kier alpha value is -1.35. The van der Waals surface area contributed by atoms with Crippen molar-refractivity contribution in [1.82, 2.24) is 0 Å². The molecule has 1 aromatic rings. The highest BCUT2D eigenvalue weighted by molar-refractivity contribution is 5.74. The lowest BCUT2D eigenvalue weighted by Gasteiger charge is -2.22. The average molecular weight is 234 g/mol. The summed E-state index contributed by atoms with van der Waals surface area (Å²) in [6.45, 7) is 2.01. The highest BCUT2D eigenvalue weighted by atomic mass is 16.5. The van der Waals surface area contributed by atoms with Crippen LogP contribution >= 0.6 is 0 Å². The number of methoxy groups -OCH3 is 1. The van der Waals surface area contributed by atoms with E-state index in [9.17, 15) is 9.90 Å². The molecule has 1 aliphatic rings. The quantitative estimate of drug-likeness (QED) is 0.796. The molecule has 3 heteroatoms. The molecule has 92 valence electrons. The molecule has 2 rings (SSSR count). The molecule has 1 aliphatic carbocycles. The number of ether oxygens (including phenoxy) is 1. The number of hydrogen-bond acceptors (Lipinski definition) is 3. The number of aryl methyl sites for hydroxylation is 1. The van der Waals surface area contributed by atoms with Crippen LogP contribution in [-0.4, -0.2) is 24.3 Å². The molecule has 0 bridgehead atoms. The Morgan fingerprint density at radius 1 is 1.35 bits per heavy atom. The van der Waals surface area contributed by atoms with Crippen LogP contribution in [0.5, 0.6) is 0 Å². The van der Waals surface area contributed by atoms with Gasteiger partial charge in [0.15, 0.2) is 0 Å². The van der Waals surface area contributed by atoms with Gasteiger partial charge in [-0.2, -0.15) is 0 Å². The summed E-state index contributed by atoms with van der Waals surface area (Å²) in [5, 5.41) is 10.1. The Balaban J connectivity index is 2.34. The molecule has 0 spiro atoms. The largest absolute Gasteiger partial charge is 0.469 e. The monoisotopic (exact) mass is 234 g/mol. The van der Waals surface area contributed by atoms with Gasteiger partial charge in [0.2, 0.25) is 0 Å². The van der Waals surface area contributed by atoms with Gasteiger partial charge in [-0.3, -0.25) is 4.79 Å². The Morgan fingerprint density at radius 3 is 2.71 bits per heavy atom. The van der Waals surface area contributed by atoms with E-state index in [0.717, 1.165) is 11.1 Å². The SMILES string of the molecule is COC(=O)[C@@H]1CC[C@H](O)[C@H]1c1ccccc1C. The molecule has 1 fully saturated rings. The minimum atomic E-state index is -0.444. The maximum Gasteiger partial charge on any atom is 0.309 e. The normalized spacial score (nSPS) is 28.1. The summed E-state index contributed by atoms with van der Waals surface area (Å²) in [6, 6.07) is 7.91. The van der Waals surface area contributed by atoms with E-state index in [1.165, 1.54) is 7.11 Å². The first-order valence-corrected chi connectivity index (χ1v) is 5.96. The van der Waals surface area contributed by atoms with Gasteiger partial charge < -0.3 is 9.84 Å². The summed E-state index contributed by atoms with van der Waals surface area (Å²) < 4.78 is 4.82. The van der Waals surface area contributed by atoms with Crippen molar-refractivity contribution in [1.29, 1.82) is 0 Å². The fourth-order valence-corrected chi connectivity index (χ4v) is 2.78. The van der Waals surface area contributed by atoms with Crippen LogP contribution in [0.2, 0.25) is 0 Å². The molecule has 0 heterocycles. The Bertz CT molecular complexity index is 414. The molecular formula is C14H18O3. The predicted molar refractivity (Wildman–Crippen MR) is 64.7 cm³/mol. The first-order valence-electron chi connectivity index (χ1n) is 5.96. The zero-order chi connectivity index (χ0) is 12.4. The fourth-order valence-electron chi connectivity index (χ4n) is 2.78. The number of esters is 1. The van der Waals surface area contributed by atoms with Gasteiger partial charge in [0, 0.05) is 5.92 Å². The lowest BCUT2D eigenvalue weighted by Crippen LogP contribution is -2.24. The molecule has 0 aliphatic heterocycles. The van der Waals surface area contributed by atoms with Gasteiger partial charge in [-0.25, -0.2) is 0 Å². The number of aliphatic hydroxyl groups is 1. The van der Waals surface area contributed by atoms with Crippen molar-refractivity contribution in [3.05, 3.63) is 35.4 Å². The molecule has 1 aromatic carbocycles. The van der Waals surface area contributed by atoms with Gasteiger partial charge in [-0.1, -0.05) is 24.3 Å². The second kappa shape index (κ2) is 4.88. The van der Waals surface area contributed by atoms with Crippen molar-refractivity contribution in [3.8, 4) is 0 Å². The number of carbonyl (C=O) groups excluding carboxylic acids is 1. The zero-order valence-electron chi connectivity index (χ0n) is 10.2.